The number of nitrogens with zero attached hydrogens (tertiary/aromatic N) is 5. The Morgan fingerprint density at radius 3 is 2.44 bits per heavy atom. The monoisotopic (exact) mass is 627 g/mol. The first-order chi connectivity index (χ1) is 20.5. The highest BCUT2D eigenvalue weighted by molar-refractivity contribution is 7.90. The van der Waals surface area contributed by atoms with Crippen LogP contribution in [0.2, 0.25) is 5.02 Å². The zero-order chi connectivity index (χ0) is 30.4. The molecule has 0 unspecified atom stereocenters. The maximum Gasteiger partial charge on any atom is 0.301 e. The first kappa shape index (κ1) is 29.5. The van der Waals surface area contributed by atoms with Gasteiger partial charge in [-0.05, 0) is 69.2 Å². The summed E-state index contributed by atoms with van der Waals surface area (Å²) in [7, 11) is -3.98. The molecule has 0 aliphatic carbocycles. The van der Waals surface area contributed by atoms with Crippen LogP contribution in [0.15, 0.2) is 61.1 Å². The van der Waals surface area contributed by atoms with E-state index in [4.69, 9.17) is 11.6 Å². The summed E-state index contributed by atoms with van der Waals surface area (Å²) in [6.07, 6.45) is 6.15. The van der Waals surface area contributed by atoms with Crippen LogP contribution in [0.25, 0.3) is 28.1 Å². The maximum atomic E-state index is 16.1. The summed E-state index contributed by atoms with van der Waals surface area (Å²) in [5.41, 5.74) is 1.84. The van der Waals surface area contributed by atoms with Crippen LogP contribution in [0.4, 0.5) is 20.2 Å². The molecular weight excluding hydrogens is 596 g/mol. The van der Waals surface area contributed by atoms with Crippen LogP contribution in [0.5, 0.6) is 0 Å². The standard InChI is InChI=1S/C30H32ClF2N7O2S/c1-30(2)19-38(14-11-35-30)22-5-6-27(25(32)17-22)40-18-24(29(36-40)20-7-9-34-10-8-20)23-15-21(31)16-26(28(23)33)37-43(41,42)39-12-3-4-13-39/h5-10,15-18,35,37H,3-4,11-14,19H2,1-2H3. The molecule has 6 rings (SSSR count). The molecule has 4 aromatic rings. The Bertz CT molecular complexity index is 1760. The van der Waals surface area contributed by atoms with Crippen molar-refractivity contribution in [1.82, 2.24) is 24.4 Å². The predicted molar refractivity (Wildman–Crippen MR) is 165 cm³/mol. The maximum absolute atomic E-state index is 16.1. The highest BCUT2D eigenvalue weighted by Gasteiger charge is 2.29. The number of aromatic nitrogens is 3. The molecule has 0 bridgehead atoms. The highest BCUT2D eigenvalue weighted by Crippen LogP contribution is 2.38. The van der Waals surface area contributed by atoms with Gasteiger partial charge in [0.25, 0.3) is 0 Å². The van der Waals surface area contributed by atoms with E-state index in [1.54, 1.807) is 30.6 Å². The van der Waals surface area contributed by atoms with Gasteiger partial charge in [-0.25, -0.2) is 13.5 Å². The van der Waals surface area contributed by atoms with E-state index in [0.29, 0.717) is 29.9 Å². The number of nitrogens with one attached hydrogen (secondary N) is 2. The zero-order valence-corrected chi connectivity index (χ0v) is 25.4. The third-order valence-corrected chi connectivity index (χ3v) is 9.50. The Labute approximate surface area is 254 Å². The molecule has 0 radical (unpaired) electrons. The summed E-state index contributed by atoms with van der Waals surface area (Å²) in [4.78, 5) is 6.19. The molecule has 13 heteroatoms. The average molecular weight is 628 g/mol. The second-order valence-corrected chi connectivity index (χ2v) is 13.6. The minimum atomic E-state index is -3.98. The van der Waals surface area contributed by atoms with Gasteiger partial charge in [-0.1, -0.05) is 11.6 Å². The molecule has 226 valence electrons. The quantitative estimate of drug-likeness (QED) is 0.282. The van der Waals surface area contributed by atoms with Gasteiger partial charge in [0.1, 0.15) is 11.4 Å². The number of piperazine rings is 1. The van der Waals surface area contributed by atoms with Crippen LogP contribution in [-0.2, 0) is 10.2 Å². The Balaban J connectivity index is 1.42. The number of rotatable bonds is 7. The summed E-state index contributed by atoms with van der Waals surface area (Å²) >= 11 is 6.40. The van der Waals surface area contributed by atoms with Gasteiger partial charge in [-0.3, -0.25) is 9.71 Å². The normalized spacial score (nSPS) is 17.4. The Morgan fingerprint density at radius 1 is 1.00 bits per heavy atom. The molecule has 2 saturated heterocycles. The number of anilines is 2. The van der Waals surface area contributed by atoms with Crippen LogP contribution >= 0.6 is 11.6 Å². The number of benzene rings is 2. The minimum Gasteiger partial charge on any atom is -0.368 e. The van der Waals surface area contributed by atoms with Crippen molar-refractivity contribution in [3.8, 4) is 28.1 Å². The van der Waals surface area contributed by atoms with Crippen molar-refractivity contribution in [2.75, 3.05) is 42.3 Å². The van der Waals surface area contributed by atoms with Crippen molar-refractivity contribution in [2.24, 2.45) is 0 Å². The number of hydrogen-bond acceptors (Lipinski definition) is 6. The molecule has 2 aliphatic heterocycles. The first-order valence-electron chi connectivity index (χ1n) is 14.1. The van der Waals surface area contributed by atoms with E-state index in [2.05, 4.69) is 38.9 Å². The van der Waals surface area contributed by atoms with Gasteiger partial charge in [0.05, 0.1) is 5.69 Å². The fraction of sp³-hybridized carbons (Fsp3) is 0.333. The van der Waals surface area contributed by atoms with E-state index in [1.807, 2.05) is 6.07 Å². The third kappa shape index (κ3) is 6.10. The molecule has 4 heterocycles. The average Bonchev–Trinajstić information content (AvgIpc) is 3.66. The van der Waals surface area contributed by atoms with Gasteiger partial charge in [-0.2, -0.15) is 17.8 Å². The van der Waals surface area contributed by atoms with E-state index >= 15 is 8.78 Å². The fourth-order valence-electron chi connectivity index (χ4n) is 5.65. The van der Waals surface area contributed by atoms with Crippen LogP contribution in [0.3, 0.4) is 0 Å². The number of hydrogen-bond donors (Lipinski definition) is 2. The minimum absolute atomic E-state index is 0.0183. The third-order valence-electron chi connectivity index (χ3n) is 7.75. The lowest BCUT2D eigenvalue weighted by Crippen LogP contribution is -2.57. The lowest BCUT2D eigenvalue weighted by atomic mass is 10.0. The van der Waals surface area contributed by atoms with E-state index in [0.717, 1.165) is 38.2 Å². The molecule has 0 atom stereocenters. The molecule has 9 nitrogen and oxygen atoms in total. The molecule has 2 fully saturated rings. The molecule has 2 aromatic carbocycles. The van der Waals surface area contributed by atoms with Crippen molar-refractivity contribution in [3.05, 3.63) is 77.7 Å². The van der Waals surface area contributed by atoms with Crippen LogP contribution in [-0.4, -0.2) is 65.8 Å². The Hall–Kier alpha value is -3.58. The van der Waals surface area contributed by atoms with Gasteiger partial charge < -0.3 is 10.2 Å². The van der Waals surface area contributed by atoms with E-state index in [1.165, 1.54) is 33.4 Å². The van der Waals surface area contributed by atoms with E-state index < -0.39 is 21.8 Å². The SMILES string of the molecule is CC1(C)CN(c2ccc(-n3cc(-c4cc(Cl)cc(NS(=O)(=O)N5CCCC5)c4F)c(-c4ccncc4)n3)c(F)c2)CCN1. The van der Waals surface area contributed by atoms with Gasteiger partial charge in [0.2, 0.25) is 0 Å². The fourth-order valence-corrected chi connectivity index (χ4v) is 7.16. The van der Waals surface area contributed by atoms with Crippen molar-refractivity contribution < 1.29 is 17.2 Å². The molecule has 2 aliphatic rings. The molecule has 43 heavy (non-hydrogen) atoms. The van der Waals surface area contributed by atoms with Crippen LogP contribution in [0.1, 0.15) is 26.7 Å². The van der Waals surface area contributed by atoms with Gasteiger partial charge in [0, 0.05) is 84.3 Å². The largest absolute Gasteiger partial charge is 0.368 e. The summed E-state index contributed by atoms with van der Waals surface area (Å²) in [6, 6.07) is 11.0. The Kier molecular flexibility index (Phi) is 7.88. The van der Waals surface area contributed by atoms with Gasteiger partial charge in [0.15, 0.2) is 11.6 Å². The topological polar surface area (TPSA) is 95.4 Å². The predicted octanol–water partition coefficient (Wildman–Crippen LogP) is 5.47. The van der Waals surface area contributed by atoms with E-state index in [-0.39, 0.29) is 27.5 Å². The number of pyridine rings is 1. The Morgan fingerprint density at radius 2 is 1.74 bits per heavy atom. The second kappa shape index (κ2) is 11.5. The molecule has 2 N–H and O–H groups in total. The first-order valence-corrected chi connectivity index (χ1v) is 15.9. The molecule has 0 spiro atoms. The van der Waals surface area contributed by atoms with Crippen molar-refractivity contribution in [2.45, 2.75) is 32.2 Å². The summed E-state index contributed by atoms with van der Waals surface area (Å²) in [5.74, 6) is -1.31. The zero-order valence-electron chi connectivity index (χ0n) is 23.8. The summed E-state index contributed by atoms with van der Waals surface area (Å²) in [6.45, 7) is 7.19. The molecular formula is C30H32ClF2N7O2S. The van der Waals surface area contributed by atoms with Crippen molar-refractivity contribution in [3.63, 3.8) is 0 Å². The molecule has 0 amide bonds. The lowest BCUT2D eigenvalue weighted by Gasteiger charge is -2.40. The second-order valence-electron chi connectivity index (χ2n) is 11.5. The van der Waals surface area contributed by atoms with E-state index in [9.17, 15) is 8.42 Å². The molecule has 0 saturated carbocycles. The number of halogens is 3. The van der Waals surface area contributed by atoms with Gasteiger partial charge >= 0.3 is 10.2 Å². The highest BCUT2D eigenvalue weighted by atomic mass is 35.5. The van der Waals surface area contributed by atoms with Crippen molar-refractivity contribution >= 4 is 33.2 Å². The van der Waals surface area contributed by atoms with Crippen molar-refractivity contribution in [1.29, 1.82) is 0 Å². The van der Waals surface area contributed by atoms with Crippen LogP contribution in [0, 0.1) is 11.6 Å². The lowest BCUT2D eigenvalue weighted by molar-refractivity contribution is 0.353. The smallest absolute Gasteiger partial charge is 0.301 e. The molecule has 2 aromatic heterocycles. The van der Waals surface area contributed by atoms with Gasteiger partial charge in [-0.15, -0.1) is 0 Å². The van der Waals surface area contributed by atoms with Crippen LogP contribution < -0.4 is 14.9 Å². The summed E-state index contributed by atoms with van der Waals surface area (Å²) < 4.78 is 62.7. The summed E-state index contributed by atoms with van der Waals surface area (Å²) in [5, 5.41) is 8.24.